The molecule has 3 rings (SSSR count). The molecule has 0 N–H and O–H groups in total. The minimum Gasteiger partial charge on any atom is -0.253 e. The molecule has 0 atom stereocenters. The smallest absolute Gasteiger partial charge is 0.134 e. The fourth-order valence-corrected chi connectivity index (χ4v) is 2.57. The maximum atomic E-state index is 14.2. The van der Waals surface area contributed by atoms with Gasteiger partial charge in [0.25, 0.3) is 0 Å². The van der Waals surface area contributed by atoms with Crippen LogP contribution in [-0.2, 0) is 0 Å². The zero-order valence-corrected chi connectivity index (χ0v) is 12.9. The Morgan fingerprint density at radius 1 is 1.00 bits per heavy atom. The van der Waals surface area contributed by atoms with Crippen molar-refractivity contribution in [3.63, 3.8) is 0 Å². The number of hydrogen-bond donors (Lipinski definition) is 0. The first-order valence-electron chi connectivity index (χ1n) is 6.35. The van der Waals surface area contributed by atoms with E-state index >= 15 is 0 Å². The molecule has 3 aromatic rings. The van der Waals surface area contributed by atoms with Crippen molar-refractivity contribution in [3.05, 3.63) is 57.6 Å². The summed E-state index contributed by atoms with van der Waals surface area (Å²) in [7, 11) is 0. The van der Waals surface area contributed by atoms with Crippen LogP contribution < -0.4 is 0 Å². The third kappa shape index (κ3) is 2.59. The third-order valence-electron chi connectivity index (χ3n) is 3.41. The van der Waals surface area contributed by atoms with E-state index in [1.807, 2.05) is 19.9 Å². The molecule has 0 saturated carbocycles. The summed E-state index contributed by atoms with van der Waals surface area (Å²) in [6.07, 6.45) is 0. The third-order valence-corrected chi connectivity index (χ3v) is 3.84. The van der Waals surface area contributed by atoms with E-state index in [-0.39, 0.29) is 5.15 Å². The molecule has 1 aromatic carbocycles. The van der Waals surface area contributed by atoms with E-state index in [4.69, 9.17) is 23.2 Å². The molecule has 0 aliphatic heterocycles. The molecule has 2 aromatic heterocycles. The monoisotopic (exact) mass is 320 g/mol. The number of nitrogens with zero attached hydrogens (tertiary/aromatic N) is 2. The first kappa shape index (κ1) is 14.2. The topological polar surface area (TPSA) is 25.8 Å². The molecule has 5 heteroatoms. The van der Waals surface area contributed by atoms with Gasteiger partial charge in [-0.3, -0.25) is 4.98 Å². The van der Waals surface area contributed by atoms with Crippen LogP contribution in [-0.4, -0.2) is 9.97 Å². The number of pyridine rings is 2. The van der Waals surface area contributed by atoms with Gasteiger partial charge < -0.3 is 0 Å². The lowest BCUT2D eigenvalue weighted by molar-refractivity contribution is 0.631. The number of aryl methyl sites for hydroxylation is 2. The van der Waals surface area contributed by atoms with Crippen LogP contribution in [0.3, 0.4) is 0 Å². The van der Waals surface area contributed by atoms with Crippen molar-refractivity contribution in [1.82, 2.24) is 9.97 Å². The van der Waals surface area contributed by atoms with Crippen LogP contribution in [0.4, 0.5) is 4.39 Å². The average molecular weight is 321 g/mol. The lowest BCUT2D eigenvalue weighted by Gasteiger charge is -2.10. The molecule has 0 bridgehead atoms. The Kier molecular flexibility index (Phi) is 3.56. The van der Waals surface area contributed by atoms with Gasteiger partial charge in [0.2, 0.25) is 0 Å². The highest BCUT2D eigenvalue weighted by Gasteiger charge is 2.14. The van der Waals surface area contributed by atoms with Gasteiger partial charge in [0.05, 0.1) is 11.2 Å². The largest absolute Gasteiger partial charge is 0.253 e. The van der Waals surface area contributed by atoms with Gasteiger partial charge in [0.15, 0.2) is 0 Å². The average Bonchev–Trinajstić information content (AvgIpc) is 2.40. The molecule has 0 amide bonds. The van der Waals surface area contributed by atoms with Crippen molar-refractivity contribution in [2.45, 2.75) is 13.8 Å². The van der Waals surface area contributed by atoms with Crippen LogP contribution in [0.25, 0.3) is 22.2 Å². The Labute approximate surface area is 131 Å². The quantitative estimate of drug-likeness (QED) is 0.564. The lowest BCUT2D eigenvalue weighted by Crippen LogP contribution is -1.95. The second-order valence-electron chi connectivity index (χ2n) is 4.88. The molecule has 0 aliphatic rings. The molecule has 0 aliphatic carbocycles. The molecule has 2 nitrogen and oxygen atoms in total. The van der Waals surface area contributed by atoms with Crippen molar-refractivity contribution >= 4 is 34.1 Å². The summed E-state index contributed by atoms with van der Waals surface area (Å²) in [6, 6.07) is 8.12. The second kappa shape index (κ2) is 5.24. The van der Waals surface area contributed by atoms with Crippen molar-refractivity contribution < 1.29 is 4.39 Å². The van der Waals surface area contributed by atoms with Gasteiger partial charge in [-0.05, 0) is 43.7 Å². The standard InChI is InChI=1S/C16H11Cl2FN2/c1-8-5-12-14(20-9(8)2)7-15(18)21-16(12)11-4-3-10(17)6-13(11)19/h3-7H,1-2H3. The van der Waals surface area contributed by atoms with Gasteiger partial charge in [-0.15, -0.1) is 0 Å². The lowest BCUT2D eigenvalue weighted by atomic mass is 10.0. The molecule has 21 heavy (non-hydrogen) atoms. The van der Waals surface area contributed by atoms with E-state index in [1.165, 1.54) is 6.07 Å². The van der Waals surface area contributed by atoms with Gasteiger partial charge >= 0.3 is 0 Å². The number of rotatable bonds is 1. The van der Waals surface area contributed by atoms with Crippen LogP contribution in [0.5, 0.6) is 0 Å². The van der Waals surface area contributed by atoms with E-state index in [1.54, 1.807) is 18.2 Å². The van der Waals surface area contributed by atoms with Gasteiger partial charge in [0, 0.05) is 27.7 Å². The van der Waals surface area contributed by atoms with Crippen molar-refractivity contribution in [3.8, 4) is 11.3 Å². The van der Waals surface area contributed by atoms with E-state index in [9.17, 15) is 4.39 Å². The molecule has 0 fully saturated rings. The Hall–Kier alpha value is -1.71. The van der Waals surface area contributed by atoms with Gasteiger partial charge in [-0.2, -0.15) is 0 Å². The number of aromatic nitrogens is 2. The Morgan fingerprint density at radius 2 is 1.76 bits per heavy atom. The molecule has 2 heterocycles. The highest BCUT2D eigenvalue weighted by atomic mass is 35.5. The maximum Gasteiger partial charge on any atom is 0.134 e. The highest BCUT2D eigenvalue weighted by molar-refractivity contribution is 6.31. The van der Waals surface area contributed by atoms with Crippen molar-refractivity contribution in [2.24, 2.45) is 0 Å². The summed E-state index contributed by atoms with van der Waals surface area (Å²) in [6.45, 7) is 3.88. The molecule has 0 radical (unpaired) electrons. The molecule has 0 unspecified atom stereocenters. The fraction of sp³-hybridized carbons (Fsp3) is 0.125. The van der Waals surface area contributed by atoms with E-state index in [2.05, 4.69) is 9.97 Å². The summed E-state index contributed by atoms with van der Waals surface area (Å²) in [5.41, 5.74) is 3.45. The van der Waals surface area contributed by atoms with Crippen LogP contribution in [0.15, 0.2) is 30.3 Å². The minimum absolute atomic E-state index is 0.280. The molecule has 0 spiro atoms. The number of halogens is 3. The van der Waals surface area contributed by atoms with E-state index in [0.29, 0.717) is 21.8 Å². The Morgan fingerprint density at radius 3 is 2.48 bits per heavy atom. The second-order valence-corrected chi connectivity index (χ2v) is 5.70. The van der Waals surface area contributed by atoms with Crippen LogP contribution in [0.2, 0.25) is 10.2 Å². The number of benzene rings is 1. The fourth-order valence-electron chi connectivity index (χ4n) is 2.22. The van der Waals surface area contributed by atoms with Crippen LogP contribution in [0, 0.1) is 19.7 Å². The van der Waals surface area contributed by atoms with E-state index < -0.39 is 5.82 Å². The van der Waals surface area contributed by atoms with Gasteiger partial charge in [0.1, 0.15) is 11.0 Å². The Balaban J connectivity index is 2.38. The summed E-state index contributed by atoms with van der Waals surface area (Å²) < 4.78 is 14.2. The predicted octanol–water partition coefficient (Wildman–Crippen LogP) is 5.36. The zero-order chi connectivity index (χ0) is 15.1. The summed E-state index contributed by atoms with van der Waals surface area (Å²) in [5.74, 6) is -0.434. The molecule has 0 saturated heterocycles. The van der Waals surface area contributed by atoms with E-state index in [0.717, 1.165) is 16.6 Å². The zero-order valence-electron chi connectivity index (χ0n) is 11.4. The molecular weight excluding hydrogens is 310 g/mol. The minimum atomic E-state index is -0.434. The van der Waals surface area contributed by atoms with Crippen molar-refractivity contribution in [2.75, 3.05) is 0 Å². The predicted molar refractivity (Wildman–Crippen MR) is 84.4 cm³/mol. The van der Waals surface area contributed by atoms with Crippen LogP contribution in [0.1, 0.15) is 11.3 Å². The SMILES string of the molecule is Cc1cc2c(-c3ccc(Cl)cc3F)nc(Cl)cc2nc1C. The molecular formula is C16H11Cl2FN2. The summed E-state index contributed by atoms with van der Waals surface area (Å²) in [4.78, 5) is 8.77. The van der Waals surface area contributed by atoms with Gasteiger partial charge in [-0.1, -0.05) is 23.2 Å². The first-order valence-corrected chi connectivity index (χ1v) is 7.11. The normalized spacial score (nSPS) is 11.1. The summed E-state index contributed by atoms with van der Waals surface area (Å²) in [5, 5.41) is 1.39. The molecule has 106 valence electrons. The maximum absolute atomic E-state index is 14.2. The highest BCUT2D eigenvalue weighted by Crippen LogP contribution is 2.32. The first-order chi connectivity index (χ1) is 9.95. The van der Waals surface area contributed by atoms with Gasteiger partial charge in [-0.25, -0.2) is 9.37 Å². The van der Waals surface area contributed by atoms with Crippen LogP contribution >= 0.6 is 23.2 Å². The summed E-state index contributed by atoms with van der Waals surface area (Å²) >= 11 is 11.9. The number of hydrogen-bond acceptors (Lipinski definition) is 2. The van der Waals surface area contributed by atoms with Crippen molar-refractivity contribution in [1.29, 1.82) is 0 Å². The number of fused-ring (bicyclic) bond motifs is 1. The Bertz CT molecular complexity index is 863.